The molecule has 1 aliphatic heterocycles. The number of halogens is 5. The second kappa shape index (κ2) is 18.2. The quantitative estimate of drug-likeness (QED) is 0.0868. The number of ether oxygens (including phenoxy) is 3. The third-order valence-electron chi connectivity index (χ3n) is 8.86. The van der Waals surface area contributed by atoms with Gasteiger partial charge in [-0.2, -0.15) is 13.2 Å². The molecule has 2 heterocycles. The molecular weight excluding hydrogens is 830 g/mol. The highest BCUT2D eigenvalue weighted by Crippen LogP contribution is 2.34. The first kappa shape index (κ1) is 39.1. The van der Waals surface area contributed by atoms with Crippen molar-refractivity contribution in [3.8, 4) is 23.1 Å². The average molecular weight is 868 g/mol. The molecule has 0 atom stereocenters. The lowest BCUT2D eigenvalue weighted by Gasteiger charge is -2.34. The molecule has 54 heavy (non-hydrogen) atoms. The van der Waals surface area contributed by atoms with Gasteiger partial charge >= 0.3 is 6.18 Å². The molecule has 0 spiro atoms. The van der Waals surface area contributed by atoms with E-state index in [-0.39, 0.29) is 18.4 Å². The van der Waals surface area contributed by atoms with Gasteiger partial charge in [-0.15, -0.1) is 0 Å². The number of piperazine rings is 1. The van der Waals surface area contributed by atoms with E-state index in [0.717, 1.165) is 55.1 Å². The second-order valence-electron chi connectivity index (χ2n) is 12.9. The normalized spacial score (nSPS) is 13.6. The van der Waals surface area contributed by atoms with Crippen LogP contribution in [0.1, 0.15) is 33.4 Å². The minimum atomic E-state index is -4.39. The van der Waals surface area contributed by atoms with Gasteiger partial charge in [-0.05, 0) is 118 Å². The Morgan fingerprint density at radius 2 is 1.52 bits per heavy atom. The molecule has 0 unspecified atom stereocenters. The summed E-state index contributed by atoms with van der Waals surface area (Å²) in [5, 5.41) is 0.364. The molecular formula is C42H38ClF3IN3O4. The van der Waals surface area contributed by atoms with Gasteiger partial charge in [0.1, 0.15) is 18.1 Å². The van der Waals surface area contributed by atoms with Crippen molar-refractivity contribution in [1.82, 2.24) is 14.8 Å². The molecule has 0 radical (unpaired) electrons. The number of alkyl halides is 3. The van der Waals surface area contributed by atoms with Crippen LogP contribution in [-0.2, 0) is 30.5 Å². The molecule has 1 saturated heterocycles. The van der Waals surface area contributed by atoms with Crippen molar-refractivity contribution < 1.29 is 32.2 Å². The van der Waals surface area contributed by atoms with Crippen molar-refractivity contribution >= 4 is 46.2 Å². The van der Waals surface area contributed by atoms with E-state index in [1.165, 1.54) is 33.0 Å². The molecule has 280 valence electrons. The zero-order chi connectivity index (χ0) is 38.1. The Morgan fingerprint density at radius 3 is 2.17 bits per heavy atom. The van der Waals surface area contributed by atoms with Gasteiger partial charge in [-0.1, -0.05) is 48.0 Å². The Labute approximate surface area is 331 Å². The fourth-order valence-corrected chi connectivity index (χ4v) is 6.52. The molecule has 12 heteroatoms. The van der Waals surface area contributed by atoms with E-state index < -0.39 is 11.7 Å². The van der Waals surface area contributed by atoms with Crippen LogP contribution in [0.2, 0.25) is 5.02 Å². The number of carbonyl (C=O) groups excluding carboxylic acids is 1. The molecule has 0 aliphatic carbocycles. The summed E-state index contributed by atoms with van der Waals surface area (Å²) < 4.78 is 57.1. The average Bonchev–Trinajstić information content (AvgIpc) is 3.16. The van der Waals surface area contributed by atoms with Crippen molar-refractivity contribution in [2.45, 2.75) is 32.7 Å². The number of carbonyl (C=O) groups is 1. The SMILES string of the molecule is Cc1cc(C=CC(=O)N2CCN(Cc3ccc(CCOc4ccc(I)cc4)cc3)CC2)cc(Cl)c1Oc1ccc(OCc2ccc(C(F)(F)F)cc2)cn1. The van der Waals surface area contributed by atoms with Gasteiger partial charge in [0.25, 0.3) is 0 Å². The number of aryl methyl sites for hydroxylation is 1. The van der Waals surface area contributed by atoms with Crippen molar-refractivity contribution in [2.75, 3.05) is 32.8 Å². The molecule has 5 aromatic rings. The van der Waals surface area contributed by atoms with Gasteiger partial charge in [-0.25, -0.2) is 4.98 Å². The van der Waals surface area contributed by atoms with Crippen molar-refractivity contribution in [3.05, 3.63) is 151 Å². The maximum Gasteiger partial charge on any atom is 0.416 e. The first-order valence-electron chi connectivity index (χ1n) is 17.4. The number of hydrogen-bond donors (Lipinski definition) is 0. The number of pyridine rings is 1. The number of nitrogens with zero attached hydrogens (tertiary/aromatic N) is 3. The summed E-state index contributed by atoms with van der Waals surface area (Å²) in [5.74, 6) is 1.98. The molecule has 1 amide bonds. The van der Waals surface area contributed by atoms with Crippen LogP contribution in [0, 0.1) is 10.5 Å². The van der Waals surface area contributed by atoms with Crippen LogP contribution in [0.25, 0.3) is 6.08 Å². The fraction of sp³-hybridized carbons (Fsp3) is 0.238. The summed E-state index contributed by atoms with van der Waals surface area (Å²) in [6.07, 6.45) is 1.26. The van der Waals surface area contributed by atoms with Crippen LogP contribution >= 0.6 is 34.2 Å². The Morgan fingerprint density at radius 1 is 0.852 bits per heavy atom. The summed E-state index contributed by atoms with van der Waals surface area (Å²) >= 11 is 8.87. The minimum absolute atomic E-state index is 0.0506. The van der Waals surface area contributed by atoms with Gasteiger partial charge in [0.05, 0.1) is 23.4 Å². The Hall–Kier alpha value is -4.59. The summed E-state index contributed by atoms with van der Waals surface area (Å²) in [6, 6.07) is 28.4. The number of hydrogen-bond acceptors (Lipinski definition) is 6. The summed E-state index contributed by atoms with van der Waals surface area (Å²) in [7, 11) is 0. The Kier molecular flexibility index (Phi) is 13.2. The molecule has 4 aromatic carbocycles. The van der Waals surface area contributed by atoms with E-state index in [2.05, 4.69) is 56.7 Å². The number of amides is 1. The van der Waals surface area contributed by atoms with Gasteiger partial charge in [0.2, 0.25) is 11.8 Å². The monoisotopic (exact) mass is 867 g/mol. The first-order valence-corrected chi connectivity index (χ1v) is 18.8. The molecule has 0 saturated carbocycles. The van der Waals surface area contributed by atoms with E-state index in [1.807, 2.05) is 42.2 Å². The van der Waals surface area contributed by atoms with E-state index >= 15 is 0 Å². The number of rotatable bonds is 13. The molecule has 1 aromatic heterocycles. The molecule has 1 fully saturated rings. The second-order valence-corrected chi connectivity index (χ2v) is 14.5. The van der Waals surface area contributed by atoms with Gasteiger partial charge in [0, 0.05) is 54.9 Å². The highest BCUT2D eigenvalue weighted by atomic mass is 127. The van der Waals surface area contributed by atoms with Crippen molar-refractivity contribution in [2.24, 2.45) is 0 Å². The lowest BCUT2D eigenvalue weighted by molar-refractivity contribution is -0.137. The molecule has 0 bridgehead atoms. The number of aromatic nitrogens is 1. The molecule has 6 rings (SSSR count). The molecule has 0 N–H and O–H groups in total. The number of benzene rings is 4. The Balaban J connectivity index is 0.929. The lowest BCUT2D eigenvalue weighted by Crippen LogP contribution is -2.47. The van der Waals surface area contributed by atoms with E-state index in [1.54, 1.807) is 30.4 Å². The van der Waals surface area contributed by atoms with Gasteiger partial charge in [0.15, 0.2) is 5.75 Å². The summed E-state index contributed by atoms with van der Waals surface area (Å²) in [6.45, 7) is 6.29. The minimum Gasteiger partial charge on any atom is -0.493 e. The maximum atomic E-state index is 13.0. The third-order valence-corrected chi connectivity index (χ3v) is 9.86. The van der Waals surface area contributed by atoms with Crippen molar-refractivity contribution in [3.63, 3.8) is 0 Å². The van der Waals surface area contributed by atoms with E-state index in [4.69, 9.17) is 25.8 Å². The predicted molar refractivity (Wildman–Crippen MR) is 212 cm³/mol. The topological polar surface area (TPSA) is 64.1 Å². The van der Waals surface area contributed by atoms with Crippen LogP contribution in [0.15, 0.2) is 109 Å². The smallest absolute Gasteiger partial charge is 0.416 e. The van der Waals surface area contributed by atoms with Crippen molar-refractivity contribution in [1.29, 1.82) is 0 Å². The van der Waals surface area contributed by atoms with Crippen LogP contribution in [0.4, 0.5) is 13.2 Å². The van der Waals surface area contributed by atoms with Crippen LogP contribution in [-0.4, -0.2) is 53.5 Å². The van der Waals surface area contributed by atoms with Crippen LogP contribution in [0.5, 0.6) is 23.1 Å². The fourth-order valence-electron chi connectivity index (χ4n) is 5.84. The first-order chi connectivity index (χ1) is 26.0. The van der Waals surface area contributed by atoms with Gasteiger partial charge in [-0.3, -0.25) is 9.69 Å². The largest absolute Gasteiger partial charge is 0.493 e. The zero-order valence-corrected chi connectivity index (χ0v) is 32.4. The van der Waals surface area contributed by atoms with E-state index in [9.17, 15) is 18.0 Å². The standard InChI is InChI=1S/C42H38ClF3IN3O4/c1-29-24-33(25-38(43)41(29)54-39-16-15-37(26-48-39)53-28-32-6-9-34(10-7-32)42(44,45)46)8-17-40(51)50-21-19-49(20-22-50)27-31-4-2-30(3-5-31)18-23-52-36-13-11-35(47)12-14-36/h2-17,24-26H,18-23,27-28H2,1H3. The lowest BCUT2D eigenvalue weighted by atomic mass is 10.1. The predicted octanol–water partition coefficient (Wildman–Crippen LogP) is 10.0. The van der Waals surface area contributed by atoms with Crippen LogP contribution < -0.4 is 14.2 Å². The highest BCUT2D eigenvalue weighted by molar-refractivity contribution is 14.1. The highest BCUT2D eigenvalue weighted by Gasteiger charge is 2.30. The summed E-state index contributed by atoms with van der Waals surface area (Å²) in [4.78, 5) is 21.5. The summed E-state index contributed by atoms with van der Waals surface area (Å²) in [5.41, 5.74) is 3.89. The third kappa shape index (κ3) is 11.2. The Bertz CT molecular complexity index is 2010. The van der Waals surface area contributed by atoms with E-state index in [0.29, 0.717) is 41.8 Å². The molecule has 1 aliphatic rings. The van der Waals surface area contributed by atoms with Gasteiger partial charge < -0.3 is 19.1 Å². The zero-order valence-electron chi connectivity index (χ0n) is 29.5. The van der Waals surface area contributed by atoms with Crippen LogP contribution in [0.3, 0.4) is 0 Å². The molecule has 7 nitrogen and oxygen atoms in total. The maximum absolute atomic E-state index is 13.0.